The van der Waals surface area contributed by atoms with Crippen LogP contribution < -0.4 is 5.32 Å². The van der Waals surface area contributed by atoms with Gasteiger partial charge in [0, 0.05) is 5.54 Å². The molecule has 0 bridgehead atoms. The summed E-state index contributed by atoms with van der Waals surface area (Å²) in [5.74, 6) is 0.148. The van der Waals surface area contributed by atoms with Gasteiger partial charge in [-0.05, 0) is 39.3 Å². The first kappa shape index (κ1) is 12.6. The molecule has 0 spiro atoms. The molecule has 1 rings (SSSR count). The van der Waals surface area contributed by atoms with E-state index in [-0.39, 0.29) is 28.0 Å². The number of halogens is 1. The average Bonchev–Trinajstić information content (AvgIpc) is 1.96. The lowest BCUT2D eigenvalue weighted by atomic mass is 10.1. The van der Waals surface area contributed by atoms with E-state index in [1.807, 2.05) is 20.8 Å². The molecule has 1 N–H and O–H groups in total. The predicted octanol–water partition coefficient (Wildman–Crippen LogP) is 2.56. The zero-order chi connectivity index (χ0) is 12.5. The molecule has 0 fully saturated rings. The molecule has 0 aliphatic heterocycles. The van der Waals surface area contributed by atoms with Crippen LogP contribution in [0.2, 0.25) is 5.28 Å². The molecular formula is C9H13ClN4O2. The van der Waals surface area contributed by atoms with Crippen LogP contribution in [0.15, 0.2) is 0 Å². The van der Waals surface area contributed by atoms with Crippen molar-refractivity contribution in [2.24, 2.45) is 0 Å². The van der Waals surface area contributed by atoms with Crippen molar-refractivity contribution < 1.29 is 4.92 Å². The van der Waals surface area contributed by atoms with Crippen LogP contribution in [0.3, 0.4) is 0 Å². The molecule has 1 aromatic heterocycles. The summed E-state index contributed by atoms with van der Waals surface area (Å²) < 4.78 is 0. The van der Waals surface area contributed by atoms with Crippen molar-refractivity contribution in [2.75, 3.05) is 5.32 Å². The molecule has 88 valence electrons. The van der Waals surface area contributed by atoms with Gasteiger partial charge in [-0.1, -0.05) is 0 Å². The summed E-state index contributed by atoms with van der Waals surface area (Å²) in [4.78, 5) is 18.0. The van der Waals surface area contributed by atoms with Gasteiger partial charge in [0.2, 0.25) is 11.1 Å². The number of nitrogens with zero attached hydrogens (tertiary/aromatic N) is 3. The zero-order valence-corrected chi connectivity index (χ0v) is 10.3. The van der Waals surface area contributed by atoms with E-state index in [9.17, 15) is 10.1 Å². The van der Waals surface area contributed by atoms with Gasteiger partial charge >= 0.3 is 5.69 Å². The molecule has 0 aliphatic rings. The first-order chi connectivity index (χ1) is 7.20. The number of hydrogen-bond donors (Lipinski definition) is 1. The molecule has 0 aliphatic carbocycles. The summed E-state index contributed by atoms with van der Waals surface area (Å²) >= 11 is 5.67. The smallest absolute Gasteiger partial charge is 0.332 e. The lowest BCUT2D eigenvalue weighted by Crippen LogP contribution is -2.27. The quantitative estimate of drug-likeness (QED) is 0.491. The Labute approximate surface area is 98.2 Å². The maximum absolute atomic E-state index is 10.9. The van der Waals surface area contributed by atoms with Gasteiger partial charge in [-0.25, -0.2) is 4.98 Å². The Hall–Kier alpha value is -1.43. The first-order valence-electron chi connectivity index (χ1n) is 4.67. The zero-order valence-electron chi connectivity index (χ0n) is 9.54. The molecule has 0 saturated carbocycles. The predicted molar refractivity (Wildman–Crippen MR) is 61.8 cm³/mol. The third kappa shape index (κ3) is 3.03. The van der Waals surface area contributed by atoms with Crippen LogP contribution >= 0.6 is 11.6 Å². The van der Waals surface area contributed by atoms with E-state index < -0.39 is 4.92 Å². The van der Waals surface area contributed by atoms with Crippen LogP contribution in [0.1, 0.15) is 26.5 Å². The number of rotatable bonds is 2. The third-order valence-corrected chi connectivity index (χ3v) is 1.88. The van der Waals surface area contributed by atoms with Crippen LogP contribution in [0.4, 0.5) is 11.5 Å². The molecule has 1 heterocycles. The molecule has 1 aromatic rings. The molecule has 0 unspecified atom stereocenters. The number of aryl methyl sites for hydroxylation is 1. The van der Waals surface area contributed by atoms with Gasteiger partial charge in [0.15, 0.2) is 0 Å². The lowest BCUT2D eigenvalue weighted by molar-refractivity contribution is -0.385. The standard InChI is InChI=1S/C9H13ClN4O2/c1-5-6(14(15)16)7(12-8(10)11-5)13-9(2,3)4/h1-4H3,(H,11,12,13). The molecular weight excluding hydrogens is 232 g/mol. The molecule has 7 heteroatoms. The molecule has 0 atom stereocenters. The number of hydrogen-bond acceptors (Lipinski definition) is 5. The number of nitro groups is 1. The minimum atomic E-state index is -0.514. The monoisotopic (exact) mass is 244 g/mol. The highest BCUT2D eigenvalue weighted by atomic mass is 35.5. The van der Waals surface area contributed by atoms with Gasteiger partial charge in [0.25, 0.3) is 0 Å². The van der Waals surface area contributed by atoms with Gasteiger partial charge in [-0.15, -0.1) is 0 Å². The average molecular weight is 245 g/mol. The fourth-order valence-electron chi connectivity index (χ4n) is 1.19. The Morgan fingerprint density at radius 3 is 2.38 bits per heavy atom. The second-order valence-corrected chi connectivity index (χ2v) is 4.75. The van der Waals surface area contributed by atoms with Crippen molar-refractivity contribution in [1.29, 1.82) is 0 Å². The summed E-state index contributed by atoms with van der Waals surface area (Å²) in [6, 6.07) is 0. The van der Waals surface area contributed by atoms with Crippen molar-refractivity contribution >= 4 is 23.1 Å². The summed E-state index contributed by atoms with van der Waals surface area (Å²) in [5, 5.41) is 13.8. The number of anilines is 1. The third-order valence-electron chi connectivity index (χ3n) is 1.71. The second kappa shape index (κ2) is 4.21. The van der Waals surface area contributed by atoms with Crippen LogP contribution in [0.5, 0.6) is 0 Å². The minimum Gasteiger partial charge on any atom is -0.360 e. The molecule has 0 aromatic carbocycles. The van der Waals surface area contributed by atoms with E-state index >= 15 is 0 Å². The van der Waals surface area contributed by atoms with Gasteiger partial charge in [0.1, 0.15) is 5.69 Å². The van der Waals surface area contributed by atoms with Crippen LogP contribution in [0.25, 0.3) is 0 Å². The van der Waals surface area contributed by atoms with Crippen LogP contribution in [0, 0.1) is 17.0 Å². The maximum Gasteiger partial charge on any atom is 0.332 e. The Balaban J connectivity index is 3.30. The first-order valence-corrected chi connectivity index (χ1v) is 5.05. The van der Waals surface area contributed by atoms with Crippen LogP contribution in [-0.2, 0) is 0 Å². The second-order valence-electron chi connectivity index (χ2n) is 4.41. The van der Waals surface area contributed by atoms with Crippen molar-refractivity contribution in [1.82, 2.24) is 9.97 Å². The van der Waals surface area contributed by atoms with Crippen molar-refractivity contribution in [3.05, 3.63) is 21.1 Å². The summed E-state index contributed by atoms with van der Waals surface area (Å²) in [6.45, 7) is 7.16. The van der Waals surface area contributed by atoms with Gasteiger partial charge in [0.05, 0.1) is 4.92 Å². The molecule has 0 saturated heterocycles. The Morgan fingerprint density at radius 1 is 1.38 bits per heavy atom. The van der Waals surface area contributed by atoms with Gasteiger partial charge in [-0.3, -0.25) is 10.1 Å². The Bertz CT molecular complexity index is 428. The SMILES string of the molecule is Cc1nc(Cl)nc(NC(C)(C)C)c1[N+](=O)[O-]. The molecule has 0 amide bonds. The minimum absolute atomic E-state index is 0.00477. The van der Waals surface area contributed by atoms with E-state index in [1.165, 1.54) is 6.92 Å². The Morgan fingerprint density at radius 2 is 1.94 bits per heavy atom. The summed E-state index contributed by atoms with van der Waals surface area (Å²) in [7, 11) is 0. The topological polar surface area (TPSA) is 81.0 Å². The highest BCUT2D eigenvalue weighted by Crippen LogP contribution is 2.28. The molecule has 6 nitrogen and oxygen atoms in total. The number of nitrogens with one attached hydrogen (secondary N) is 1. The van der Waals surface area contributed by atoms with E-state index in [0.29, 0.717) is 0 Å². The van der Waals surface area contributed by atoms with Gasteiger partial charge < -0.3 is 5.32 Å². The fraction of sp³-hybridized carbons (Fsp3) is 0.556. The maximum atomic E-state index is 10.9. The van der Waals surface area contributed by atoms with Gasteiger partial charge in [-0.2, -0.15) is 4.98 Å². The molecule has 0 radical (unpaired) electrons. The van der Waals surface area contributed by atoms with Crippen molar-refractivity contribution in [3.63, 3.8) is 0 Å². The highest BCUT2D eigenvalue weighted by molar-refractivity contribution is 6.28. The fourth-order valence-corrected chi connectivity index (χ4v) is 1.41. The highest BCUT2D eigenvalue weighted by Gasteiger charge is 2.24. The van der Waals surface area contributed by atoms with E-state index in [2.05, 4.69) is 15.3 Å². The molecule has 16 heavy (non-hydrogen) atoms. The van der Waals surface area contributed by atoms with E-state index in [0.717, 1.165) is 0 Å². The normalized spacial score (nSPS) is 11.3. The van der Waals surface area contributed by atoms with E-state index in [4.69, 9.17) is 11.6 Å². The largest absolute Gasteiger partial charge is 0.360 e. The summed E-state index contributed by atoms with van der Waals surface area (Å²) in [6.07, 6.45) is 0. The summed E-state index contributed by atoms with van der Waals surface area (Å²) in [5.41, 5.74) is -0.231. The lowest BCUT2D eigenvalue weighted by Gasteiger charge is -2.21. The Kier molecular flexibility index (Phi) is 3.32. The van der Waals surface area contributed by atoms with Crippen molar-refractivity contribution in [2.45, 2.75) is 33.2 Å². The van der Waals surface area contributed by atoms with Crippen molar-refractivity contribution in [3.8, 4) is 0 Å². The van der Waals surface area contributed by atoms with Crippen LogP contribution in [-0.4, -0.2) is 20.4 Å². The van der Waals surface area contributed by atoms with E-state index in [1.54, 1.807) is 0 Å². The number of aromatic nitrogens is 2.